The second kappa shape index (κ2) is 7.55. The zero-order valence-corrected chi connectivity index (χ0v) is 14.7. The van der Waals surface area contributed by atoms with Gasteiger partial charge in [-0.15, -0.1) is 0 Å². The van der Waals surface area contributed by atoms with E-state index < -0.39 is 0 Å². The number of nitrogens with zero attached hydrogens (tertiary/aromatic N) is 1. The van der Waals surface area contributed by atoms with Crippen molar-refractivity contribution >= 4 is 5.91 Å². The number of hydrogen-bond donors (Lipinski definition) is 0. The molecule has 1 atom stereocenters. The lowest BCUT2D eigenvalue weighted by Gasteiger charge is -2.32. The maximum absolute atomic E-state index is 12.6. The molecule has 1 aliphatic heterocycles. The fourth-order valence-corrected chi connectivity index (χ4v) is 3.10. The SMILES string of the molecule is Cc1ccc(OCC2CCCN(C(=O)c3cc(=O)cc(C)o3)C2)cc1. The normalized spacial score (nSPS) is 17.4. The predicted octanol–water partition coefficient (Wildman–Crippen LogP) is 3.19. The van der Waals surface area contributed by atoms with Crippen LogP contribution >= 0.6 is 0 Å². The van der Waals surface area contributed by atoms with Gasteiger partial charge in [0.15, 0.2) is 11.2 Å². The molecule has 1 aromatic carbocycles. The lowest BCUT2D eigenvalue weighted by Crippen LogP contribution is -2.41. The summed E-state index contributed by atoms with van der Waals surface area (Å²) in [6, 6.07) is 10.6. The minimum atomic E-state index is -0.221. The Morgan fingerprint density at radius 1 is 1.24 bits per heavy atom. The van der Waals surface area contributed by atoms with Crippen molar-refractivity contribution in [1.29, 1.82) is 0 Å². The van der Waals surface area contributed by atoms with Gasteiger partial charge in [0.1, 0.15) is 11.5 Å². The maximum Gasteiger partial charge on any atom is 0.289 e. The Morgan fingerprint density at radius 2 is 2.00 bits per heavy atom. The van der Waals surface area contributed by atoms with Gasteiger partial charge in [0.25, 0.3) is 5.91 Å². The van der Waals surface area contributed by atoms with Crippen molar-refractivity contribution in [2.24, 2.45) is 5.92 Å². The summed E-state index contributed by atoms with van der Waals surface area (Å²) >= 11 is 0. The molecule has 0 radical (unpaired) electrons. The van der Waals surface area contributed by atoms with Crippen LogP contribution in [0.25, 0.3) is 0 Å². The van der Waals surface area contributed by atoms with Gasteiger partial charge in [0.05, 0.1) is 6.61 Å². The predicted molar refractivity (Wildman–Crippen MR) is 95.0 cm³/mol. The number of hydrogen-bond acceptors (Lipinski definition) is 4. The molecule has 132 valence electrons. The summed E-state index contributed by atoms with van der Waals surface area (Å²) in [5, 5.41) is 0. The molecule has 3 rings (SSSR count). The number of aryl methyl sites for hydroxylation is 2. The molecular weight excluding hydrogens is 318 g/mol. The first-order valence-corrected chi connectivity index (χ1v) is 8.62. The van der Waals surface area contributed by atoms with Crippen molar-refractivity contribution < 1.29 is 13.9 Å². The van der Waals surface area contributed by atoms with Crippen molar-refractivity contribution in [1.82, 2.24) is 4.90 Å². The van der Waals surface area contributed by atoms with Crippen molar-refractivity contribution in [2.45, 2.75) is 26.7 Å². The first-order valence-electron chi connectivity index (χ1n) is 8.62. The van der Waals surface area contributed by atoms with Gasteiger partial charge in [-0.25, -0.2) is 0 Å². The highest BCUT2D eigenvalue weighted by atomic mass is 16.5. The number of rotatable bonds is 4. The Kier molecular flexibility index (Phi) is 5.22. The van der Waals surface area contributed by atoms with Crippen LogP contribution in [0.2, 0.25) is 0 Å². The maximum atomic E-state index is 12.6. The van der Waals surface area contributed by atoms with E-state index in [0.29, 0.717) is 25.5 Å². The number of piperidine rings is 1. The molecule has 0 aliphatic carbocycles. The van der Waals surface area contributed by atoms with E-state index in [1.807, 2.05) is 31.2 Å². The lowest BCUT2D eigenvalue weighted by molar-refractivity contribution is 0.0598. The number of carbonyl (C=O) groups is 1. The second-order valence-corrected chi connectivity index (χ2v) is 6.65. The molecule has 2 aromatic rings. The van der Waals surface area contributed by atoms with Gasteiger partial charge in [-0.3, -0.25) is 9.59 Å². The van der Waals surface area contributed by atoms with Crippen LogP contribution < -0.4 is 10.2 Å². The standard InChI is InChI=1S/C20H23NO4/c1-14-5-7-18(8-6-14)24-13-16-4-3-9-21(12-16)20(23)19-11-17(22)10-15(2)25-19/h5-8,10-11,16H,3-4,9,12-13H2,1-2H3. The van der Waals surface area contributed by atoms with E-state index >= 15 is 0 Å². The first kappa shape index (κ1) is 17.3. The summed E-state index contributed by atoms with van der Waals surface area (Å²) in [4.78, 5) is 26.0. The molecular formula is C20H23NO4. The summed E-state index contributed by atoms with van der Waals surface area (Å²) < 4.78 is 11.3. The van der Waals surface area contributed by atoms with Crippen LogP contribution in [-0.4, -0.2) is 30.5 Å². The number of ether oxygens (including phenoxy) is 1. The van der Waals surface area contributed by atoms with Gasteiger partial charge in [0.2, 0.25) is 0 Å². The van der Waals surface area contributed by atoms with E-state index in [-0.39, 0.29) is 23.0 Å². The van der Waals surface area contributed by atoms with Crippen LogP contribution in [0.4, 0.5) is 0 Å². The van der Waals surface area contributed by atoms with Crippen LogP contribution in [0.5, 0.6) is 5.75 Å². The number of likely N-dealkylation sites (tertiary alicyclic amines) is 1. The average molecular weight is 341 g/mol. The van der Waals surface area contributed by atoms with Gasteiger partial charge >= 0.3 is 0 Å². The molecule has 5 nitrogen and oxygen atoms in total. The Labute approximate surface area is 147 Å². The van der Waals surface area contributed by atoms with Crippen LogP contribution in [0, 0.1) is 19.8 Å². The number of carbonyl (C=O) groups excluding carboxylic acids is 1. The molecule has 0 saturated carbocycles. The van der Waals surface area contributed by atoms with Crippen molar-refractivity contribution in [2.75, 3.05) is 19.7 Å². The second-order valence-electron chi connectivity index (χ2n) is 6.65. The largest absolute Gasteiger partial charge is 0.493 e. The number of benzene rings is 1. The summed E-state index contributed by atoms with van der Waals surface area (Å²) in [5.74, 6) is 1.47. The minimum Gasteiger partial charge on any atom is -0.493 e. The monoisotopic (exact) mass is 341 g/mol. The first-order chi connectivity index (χ1) is 12.0. The molecule has 0 N–H and O–H groups in total. The van der Waals surface area contributed by atoms with Gasteiger partial charge in [-0.05, 0) is 38.8 Å². The van der Waals surface area contributed by atoms with Crippen LogP contribution in [-0.2, 0) is 0 Å². The van der Waals surface area contributed by atoms with Crippen LogP contribution in [0.1, 0.15) is 34.7 Å². The Morgan fingerprint density at radius 3 is 2.72 bits per heavy atom. The third-order valence-electron chi connectivity index (χ3n) is 4.41. The molecule has 5 heteroatoms. The molecule has 0 spiro atoms. The zero-order chi connectivity index (χ0) is 17.8. The molecule has 1 aliphatic rings. The molecule has 1 fully saturated rings. The Bertz CT molecular complexity index is 794. The van der Waals surface area contributed by atoms with E-state index in [1.165, 1.54) is 17.7 Å². The van der Waals surface area contributed by atoms with Crippen molar-refractivity contribution in [3.63, 3.8) is 0 Å². The highest BCUT2D eigenvalue weighted by Crippen LogP contribution is 2.20. The van der Waals surface area contributed by atoms with Crippen molar-refractivity contribution in [3.05, 3.63) is 63.7 Å². The molecule has 1 unspecified atom stereocenters. The molecule has 1 amide bonds. The fourth-order valence-electron chi connectivity index (χ4n) is 3.10. The molecule has 25 heavy (non-hydrogen) atoms. The summed E-state index contributed by atoms with van der Waals surface area (Å²) in [7, 11) is 0. The van der Waals surface area contributed by atoms with Crippen LogP contribution in [0.3, 0.4) is 0 Å². The topological polar surface area (TPSA) is 59.8 Å². The Balaban J connectivity index is 1.61. The van der Waals surface area contributed by atoms with Crippen molar-refractivity contribution in [3.8, 4) is 5.75 Å². The molecule has 2 heterocycles. The number of amides is 1. The third-order valence-corrected chi connectivity index (χ3v) is 4.41. The minimum absolute atomic E-state index is 0.116. The van der Waals surface area contributed by atoms with Gasteiger partial charge < -0.3 is 14.1 Å². The quantitative estimate of drug-likeness (QED) is 0.857. The smallest absolute Gasteiger partial charge is 0.289 e. The summed E-state index contributed by atoms with van der Waals surface area (Å²) in [6.07, 6.45) is 1.94. The highest BCUT2D eigenvalue weighted by Gasteiger charge is 2.26. The third kappa shape index (κ3) is 4.50. The molecule has 1 saturated heterocycles. The molecule has 0 bridgehead atoms. The van der Waals surface area contributed by atoms with E-state index in [1.54, 1.807) is 11.8 Å². The average Bonchev–Trinajstić information content (AvgIpc) is 2.60. The van der Waals surface area contributed by atoms with E-state index in [2.05, 4.69) is 0 Å². The summed E-state index contributed by atoms with van der Waals surface area (Å²) in [5.41, 5.74) is 0.991. The van der Waals surface area contributed by atoms with Gasteiger partial charge in [0, 0.05) is 31.1 Å². The van der Waals surface area contributed by atoms with E-state index in [9.17, 15) is 9.59 Å². The Hall–Kier alpha value is -2.56. The molecule has 1 aromatic heterocycles. The van der Waals surface area contributed by atoms with E-state index in [0.717, 1.165) is 18.6 Å². The van der Waals surface area contributed by atoms with E-state index in [4.69, 9.17) is 9.15 Å². The fraction of sp³-hybridized carbons (Fsp3) is 0.400. The zero-order valence-electron chi connectivity index (χ0n) is 14.7. The van der Waals surface area contributed by atoms with Gasteiger partial charge in [-0.2, -0.15) is 0 Å². The van der Waals surface area contributed by atoms with Gasteiger partial charge in [-0.1, -0.05) is 17.7 Å². The lowest BCUT2D eigenvalue weighted by atomic mass is 9.98. The highest BCUT2D eigenvalue weighted by molar-refractivity contribution is 5.91. The summed E-state index contributed by atoms with van der Waals surface area (Å²) in [6.45, 7) is 5.58. The van der Waals surface area contributed by atoms with Crippen LogP contribution in [0.15, 0.2) is 45.6 Å².